The van der Waals surface area contributed by atoms with Gasteiger partial charge in [-0.25, -0.2) is 0 Å². The molecule has 15 heavy (non-hydrogen) atoms. The van der Waals surface area contributed by atoms with Gasteiger partial charge in [0.2, 0.25) is 0 Å². The normalized spacial score (nSPS) is 10.5. The number of allylic oxidation sites excluding steroid dienone is 1. The lowest BCUT2D eigenvalue weighted by molar-refractivity contribution is 0.0954. The van der Waals surface area contributed by atoms with Gasteiger partial charge in [0.15, 0.2) is 0 Å². The van der Waals surface area contributed by atoms with Crippen LogP contribution in [0.15, 0.2) is 36.4 Å². The Morgan fingerprint density at radius 3 is 3.00 bits per heavy atom. The predicted molar refractivity (Wildman–Crippen MR) is 59.9 cm³/mol. The van der Waals surface area contributed by atoms with Crippen LogP contribution in [0.1, 0.15) is 23.7 Å². The minimum atomic E-state index is -0.157. The first-order valence-corrected chi connectivity index (χ1v) is 4.92. The molecule has 0 aliphatic heterocycles. The molecule has 3 nitrogen and oxygen atoms in total. The van der Waals surface area contributed by atoms with E-state index in [1.54, 1.807) is 12.1 Å². The van der Waals surface area contributed by atoms with E-state index in [2.05, 4.69) is 5.32 Å². The van der Waals surface area contributed by atoms with E-state index >= 15 is 0 Å². The summed E-state index contributed by atoms with van der Waals surface area (Å²) in [6.07, 6.45) is 4.75. The molecule has 2 N–H and O–H groups in total. The Morgan fingerprint density at radius 1 is 1.53 bits per heavy atom. The van der Waals surface area contributed by atoms with Crippen LogP contribution < -0.4 is 5.32 Å². The Balaban J connectivity index is 2.47. The van der Waals surface area contributed by atoms with E-state index in [9.17, 15) is 9.90 Å². The Bertz CT molecular complexity index is 358. The molecular weight excluding hydrogens is 190 g/mol. The molecule has 0 fully saturated rings. The van der Waals surface area contributed by atoms with Gasteiger partial charge in [-0.2, -0.15) is 0 Å². The SMILES string of the molecule is C/C=C/CCNC(=O)c1cccc(O)c1. The second-order valence-electron chi connectivity index (χ2n) is 3.16. The first kappa shape index (κ1) is 11.3. The summed E-state index contributed by atoms with van der Waals surface area (Å²) in [4.78, 5) is 11.5. The molecule has 80 valence electrons. The van der Waals surface area contributed by atoms with Gasteiger partial charge in [0.25, 0.3) is 5.91 Å². The molecule has 0 radical (unpaired) electrons. The minimum Gasteiger partial charge on any atom is -0.508 e. The summed E-state index contributed by atoms with van der Waals surface area (Å²) in [6, 6.07) is 6.31. The maximum atomic E-state index is 11.5. The van der Waals surface area contributed by atoms with Crippen LogP contribution in [0.2, 0.25) is 0 Å². The number of hydrogen-bond donors (Lipinski definition) is 2. The highest BCUT2D eigenvalue weighted by Crippen LogP contribution is 2.10. The highest BCUT2D eigenvalue weighted by Gasteiger charge is 2.03. The topological polar surface area (TPSA) is 49.3 Å². The summed E-state index contributed by atoms with van der Waals surface area (Å²) in [5, 5.41) is 11.9. The highest BCUT2D eigenvalue weighted by atomic mass is 16.3. The average Bonchev–Trinajstić information content (AvgIpc) is 2.24. The molecule has 1 rings (SSSR count). The number of carbonyl (C=O) groups is 1. The van der Waals surface area contributed by atoms with E-state index in [0.29, 0.717) is 12.1 Å². The second kappa shape index (κ2) is 5.86. The molecular formula is C12H15NO2. The van der Waals surface area contributed by atoms with E-state index in [1.807, 2.05) is 19.1 Å². The van der Waals surface area contributed by atoms with Crippen molar-refractivity contribution in [3.05, 3.63) is 42.0 Å². The van der Waals surface area contributed by atoms with Gasteiger partial charge < -0.3 is 10.4 Å². The number of nitrogens with one attached hydrogen (secondary N) is 1. The third kappa shape index (κ3) is 3.85. The average molecular weight is 205 g/mol. The van der Waals surface area contributed by atoms with Crippen molar-refractivity contribution in [1.82, 2.24) is 5.32 Å². The van der Waals surface area contributed by atoms with Gasteiger partial charge in [0.05, 0.1) is 0 Å². The second-order valence-corrected chi connectivity index (χ2v) is 3.16. The van der Waals surface area contributed by atoms with Gasteiger partial charge in [0.1, 0.15) is 5.75 Å². The third-order valence-electron chi connectivity index (χ3n) is 1.94. The van der Waals surface area contributed by atoms with E-state index in [1.165, 1.54) is 12.1 Å². The molecule has 1 aromatic carbocycles. The number of aromatic hydroxyl groups is 1. The van der Waals surface area contributed by atoms with Crippen molar-refractivity contribution in [2.75, 3.05) is 6.54 Å². The summed E-state index contributed by atoms with van der Waals surface area (Å²) in [7, 11) is 0. The minimum absolute atomic E-state index is 0.108. The lowest BCUT2D eigenvalue weighted by atomic mass is 10.2. The molecule has 1 amide bonds. The molecule has 0 unspecified atom stereocenters. The van der Waals surface area contributed by atoms with Crippen LogP contribution in [0.25, 0.3) is 0 Å². The number of benzene rings is 1. The third-order valence-corrected chi connectivity index (χ3v) is 1.94. The molecule has 0 atom stereocenters. The standard InChI is InChI=1S/C12H15NO2/c1-2-3-4-8-13-12(15)10-6-5-7-11(14)9-10/h2-3,5-7,9,14H,4,8H2,1H3,(H,13,15)/b3-2+. The summed E-state index contributed by atoms with van der Waals surface area (Å²) in [5.74, 6) is -0.0495. The van der Waals surface area contributed by atoms with Gasteiger partial charge in [-0.05, 0) is 31.5 Å². The molecule has 0 saturated carbocycles. The fourth-order valence-corrected chi connectivity index (χ4v) is 1.18. The smallest absolute Gasteiger partial charge is 0.251 e. The van der Waals surface area contributed by atoms with E-state index in [-0.39, 0.29) is 11.7 Å². The van der Waals surface area contributed by atoms with Gasteiger partial charge in [0, 0.05) is 12.1 Å². The quantitative estimate of drug-likeness (QED) is 0.584. The van der Waals surface area contributed by atoms with Gasteiger partial charge >= 0.3 is 0 Å². The first-order valence-electron chi connectivity index (χ1n) is 4.92. The van der Waals surface area contributed by atoms with Crippen molar-refractivity contribution in [2.24, 2.45) is 0 Å². The Morgan fingerprint density at radius 2 is 2.33 bits per heavy atom. The largest absolute Gasteiger partial charge is 0.508 e. The van der Waals surface area contributed by atoms with Gasteiger partial charge in [-0.3, -0.25) is 4.79 Å². The number of carbonyl (C=O) groups excluding carboxylic acids is 1. The van der Waals surface area contributed by atoms with Crippen molar-refractivity contribution in [1.29, 1.82) is 0 Å². The summed E-state index contributed by atoms with van der Waals surface area (Å²) >= 11 is 0. The molecule has 0 aliphatic rings. The number of amides is 1. The molecule has 0 aliphatic carbocycles. The molecule has 0 aromatic heterocycles. The predicted octanol–water partition coefficient (Wildman–Crippen LogP) is 2.09. The summed E-state index contributed by atoms with van der Waals surface area (Å²) in [5.41, 5.74) is 0.482. The first-order chi connectivity index (χ1) is 7.24. The Hall–Kier alpha value is -1.77. The summed E-state index contributed by atoms with van der Waals surface area (Å²) in [6.45, 7) is 2.55. The molecule has 0 heterocycles. The molecule has 3 heteroatoms. The van der Waals surface area contributed by atoms with E-state index < -0.39 is 0 Å². The van der Waals surface area contributed by atoms with Gasteiger partial charge in [-0.15, -0.1) is 0 Å². The molecule has 0 bridgehead atoms. The van der Waals surface area contributed by atoms with Crippen LogP contribution in [0.4, 0.5) is 0 Å². The maximum Gasteiger partial charge on any atom is 0.251 e. The zero-order valence-electron chi connectivity index (χ0n) is 8.73. The zero-order chi connectivity index (χ0) is 11.1. The lowest BCUT2D eigenvalue weighted by Crippen LogP contribution is -2.23. The summed E-state index contributed by atoms with van der Waals surface area (Å²) < 4.78 is 0. The lowest BCUT2D eigenvalue weighted by Gasteiger charge is -2.03. The van der Waals surface area contributed by atoms with Crippen LogP contribution in [0.5, 0.6) is 5.75 Å². The molecule has 0 saturated heterocycles. The van der Waals surface area contributed by atoms with Crippen LogP contribution in [0, 0.1) is 0 Å². The Labute approximate surface area is 89.4 Å². The number of phenols is 1. The maximum absolute atomic E-state index is 11.5. The van der Waals surface area contributed by atoms with Crippen molar-refractivity contribution in [3.63, 3.8) is 0 Å². The van der Waals surface area contributed by atoms with Crippen molar-refractivity contribution < 1.29 is 9.90 Å². The van der Waals surface area contributed by atoms with Crippen molar-refractivity contribution >= 4 is 5.91 Å². The van der Waals surface area contributed by atoms with E-state index in [4.69, 9.17) is 0 Å². The molecule has 1 aromatic rings. The number of hydrogen-bond acceptors (Lipinski definition) is 2. The van der Waals surface area contributed by atoms with Crippen LogP contribution in [-0.2, 0) is 0 Å². The van der Waals surface area contributed by atoms with Crippen LogP contribution in [0.3, 0.4) is 0 Å². The fourth-order valence-electron chi connectivity index (χ4n) is 1.18. The van der Waals surface area contributed by atoms with Crippen LogP contribution in [-0.4, -0.2) is 17.6 Å². The Kier molecular flexibility index (Phi) is 4.41. The fraction of sp³-hybridized carbons (Fsp3) is 0.250. The highest BCUT2D eigenvalue weighted by molar-refractivity contribution is 5.94. The van der Waals surface area contributed by atoms with Gasteiger partial charge in [-0.1, -0.05) is 18.2 Å². The van der Waals surface area contributed by atoms with Crippen LogP contribution >= 0.6 is 0 Å². The van der Waals surface area contributed by atoms with Crippen molar-refractivity contribution in [2.45, 2.75) is 13.3 Å². The number of rotatable bonds is 4. The number of phenolic OH excluding ortho intramolecular Hbond substituents is 1. The monoisotopic (exact) mass is 205 g/mol. The zero-order valence-corrected chi connectivity index (χ0v) is 8.73. The van der Waals surface area contributed by atoms with E-state index in [0.717, 1.165) is 6.42 Å². The molecule has 0 spiro atoms. The van der Waals surface area contributed by atoms with Crippen molar-refractivity contribution in [3.8, 4) is 5.75 Å².